The third kappa shape index (κ3) is 6.51. The van der Waals surface area contributed by atoms with Gasteiger partial charge in [-0.05, 0) is 129 Å². The Kier molecular flexibility index (Phi) is 8.67. The maximum atomic E-state index is 4.34. The normalized spacial score (nSPS) is 11.6. The Balaban J connectivity index is 0.000000513. The van der Waals surface area contributed by atoms with Crippen LogP contribution in [0.2, 0.25) is 0 Å². The zero-order chi connectivity index (χ0) is 37.5. The molecule has 0 aliphatic carbocycles. The molecule has 264 valence electrons. The van der Waals surface area contributed by atoms with E-state index >= 15 is 0 Å². The molecule has 55 heavy (non-hydrogen) atoms. The Hall–Kier alpha value is -6.64. The third-order valence-electron chi connectivity index (χ3n) is 10.9. The highest BCUT2D eigenvalue weighted by Crippen LogP contribution is 2.45. The van der Waals surface area contributed by atoms with Crippen LogP contribution in [0.25, 0.3) is 87.6 Å². The van der Waals surface area contributed by atoms with E-state index in [-0.39, 0.29) is 5.41 Å². The summed E-state index contributed by atoms with van der Waals surface area (Å²) in [6, 6.07) is 58.0. The Labute approximate surface area is 323 Å². The summed E-state index contributed by atoms with van der Waals surface area (Å²) in [5, 5.41) is 10.4. The standard InChI is InChI=1S/C47H35N.C6H7N/c1-47(2,3)38-26-35-21-23-41-43(33-15-13-30(14-16-33)37-10-7-25-48-29-37)28-44(42-24-22-36(27-38)45(35)46(41)42)34-19-17-32(18-20-34)40-12-6-9-31-8-4-5-11-39(31)40;1-6-3-2-4-7-5-6/h4-29H,1-3H3;2-5H,1H3. The number of pyridine rings is 2. The molecular formula is C53H42N2. The van der Waals surface area contributed by atoms with E-state index in [0.29, 0.717) is 0 Å². The SMILES string of the molecule is CC(C)(C)c1cc2ccc3c(-c4ccc(-c5cccnc5)cc4)cc(-c4ccc(-c5cccc6ccccc56)cc4)c4ccc(c1)c2c34.Cc1cccnc1. The fourth-order valence-corrected chi connectivity index (χ4v) is 7.96. The summed E-state index contributed by atoms with van der Waals surface area (Å²) in [6.45, 7) is 8.92. The van der Waals surface area contributed by atoms with Crippen molar-refractivity contribution in [3.8, 4) is 44.5 Å². The summed E-state index contributed by atoms with van der Waals surface area (Å²) in [7, 11) is 0. The van der Waals surface area contributed by atoms with Gasteiger partial charge in [-0.3, -0.25) is 9.97 Å². The van der Waals surface area contributed by atoms with E-state index in [2.05, 4.69) is 170 Å². The van der Waals surface area contributed by atoms with Crippen LogP contribution < -0.4 is 0 Å². The molecule has 0 spiro atoms. The summed E-state index contributed by atoms with van der Waals surface area (Å²) >= 11 is 0. The second kappa shape index (κ2) is 14.0. The van der Waals surface area contributed by atoms with Crippen LogP contribution in [0.5, 0.6) is 0 Å². The molecule has 0 fully saturated rings. The monoisotopic (exact) mass is 706 g/mol. The molecule has 0 atom stereocenters. The lowest BCUT2D eigenvalue weighted by Crippen LogP contribution is -2.10. The van der Waals surface area contributed by atoms with Crippen LogP contribution in [0, 0.1) is 6.92 Å². The van der Waals surface area contributed by atoms with Crippen LogP contribution in [0.15, 0.2) is 183 Å². The average molecular weight is 707 g/mol. The molecule has 0 N–H and O–H groups in total. The quantitative estimate of drug-likeness (QED) is 0.170. The van der Waals surface area contributed by atoms with E-state index in [1.54, 1.807) is 6.20 Å². The van der Waals surface area contributed by atoms with Crippen molar-refractivity contribution >= 4 is 43.1 Å². The number of hydrogen-bond donors (Lipinski definition) is 0. The van der Waals surface area contributed by atoms with Crippen molar-refractivity contribution in [2.45, 2.75) is 33.1 Å². The van der Waals surface area contributed by atoms with E-state index in [4.69, 9.17) is 0 Å². The van der Waals surface area contributed by atoms with Crippen LogP contribution >= 0.6 is 0 Å². The molecule has 0 aliphatic heterocycles. The number of benzene rings is 8. The molecule has 2 heteroatoms. The Morgan fingerprint density at radius 3 is 1.49 bits per heavy atom. The predicted octanol–water partition coefficient (Wildman–Crippen LogP) is 14.5. The highest BCUT2D eigenvalue weighted by atomic mass is 14.6. The van der Waals surface area contributed by atoms with Crippen molar-refractivity contribution in [2.75, 3.05) is 0 Å². The minimum atomic E-state index is 0.0720. The maximum absolute atomic E-state index is 4.34. The van der Waals surface area contributed by atoms with E-state index < -0.39 is 0 Å². The lowest BCUT2D eigenvalue weighted by molar-refractivity contribution is 0.591. The zero-order valence-electron chi connectivity index (χ0n) is 31.7. The van der Waals surface area contributed by atoms with Gasteiger partial charge in [-0.25, -0.2) is 0 Å². The fourth-order valence-electron chi connectivity index (χ4n) is 7.96. The van der Waals surface area contributed by atoms with Gasteiger partial charge in [-0.1, -0.05) is 160 Å². The minimum absolute atomic E-state index is 0.0720. The van der Waals surface area contributed by atoms with E-state index in [1.807, 2.05) is 43.7 Å². The first kappa shape index (κ1) is 34.1. The Bertz CT molecular complexity index is 2900. The van der Waals surface area contributed by atoms with Crippen LogP contribution in [-0.4, -0.2) is 9.97 Å². The van der Waals surface area contributed by atoms with Gasteiger partial charge in [0.1, 0.15) is 0 Å². The van der Waals surface area contributed by atoms with Gasteiger partial charge < -0.3 is 0 Å². The van der Waals surface area contributed by atoms with Gasteiger partial charge in [0, 0.05) is 24.8 Å². The van der Waals surface area contributed by atoms with Crippen LogP contribution in [0.3, 0.4) is 0 Å². The van der Waals surface area contributed by atoms with Gasteiger partial charge in [0.2, 0.25) is 0 Å². The largest absolute Gasteiger partial charge is 0.264 e. The first-order valence-electron chi connectivity index (χ1n) is 19.0. The molecule has 8 aromatic carbocycles. The number of nitrogens with zero attached hydrogens (tertiary/aromatic N) is 2. The highest BCUT2D eigenvalue weighted by molar-refractivity contribution is 6.28. The molecule has 2 aromatic heterocycles. The molecule has 2 heterocycles. The molecule has 2 nitrogen and oxygen atoms in total. The molecule has 0 amide bonds. The molecule has 0 saturated carbocycles. The summed E-state index contributed by atoms with van der Waals surface area (Å²) < 4.78 is 0. The van der Waals surface area contributed by atoms with Crippen LogP contribution in [0.4, 0.5) is 0 Å². The molecule has 0 radical (unpaired) electrons. The van der Waals surface area contributed by atoms with Gasteiger partial charge in [0.15, 0.2) is 0 Å². The molecule has 0 aliphatic rings. The van der Waals surface area contributed by atoms with Crippen molar-refractivity contribution in [3.05, 3.63) is 194 Å². The maximum Gasteiger partial charge on any atom is 0.0346 e. The lowest BCUT2D eigenvalue weighted by atomic mass is 9.81. The first-order valence-corrected chi connectivity index (χ1v) is 19.0. The average Bonchev–Trinajstić information content (AvgIpc) is 3.23. The zero-order valence-corrected chi connectivity index (χ0v) is 31.7. The Morgan fingerprint density at radius 1 is 0.382 bits per heavy atom. The van der Waals surface area contributed by atoms with E-state index in [9.17, 15) is 0 Å². The number of fused-ring (bicyclic) bond motifs is 1. The highest BCUT2D eigenvalue weighted by Gasteiger charge is 2.20. The van der Waals surface area contributed by atoms with Gasteiger partial charge in [-0.15, -0.1) is 0 Å². The summed E-state index contributed by atoms with van der Waals surface area (Å²) in [5.41, 5.74) is 12.4. The van der Waals surface area contributed by atoms with Crippen molar-refractivity contribution in [2.24, 2.45) is 0 Å². The van der Waals surface area contributed by atoms with E-state index in [0.717, 1.165) is 5.56 Å². The van der Waals surface area contributed by atoms with Gasteiger partial charge >= 0.3 is 0 Å². The number of aromatic nitrogens is 2. The molecule has 0 unspecified atom stereocenters. The molecule has 0 bridgehead atoms. The van der Waals surface area contributed by atoms with Crippen molar-refractivity contribution < 1.29 is 0 Å². The first-order chi connectivity index (χ1) is 26.8. The smallest absolute Gasteiger partial charge is 0.0346 e. The van der Waals surface area contributed by atoms with Crippen molar-refractivity contribution in [3.63, 3.8) is 0 Å². The van der Waals surface area contributed by atoms with Crippen molar-refractivity contribution in [1.82, 2.24) is 9.97 Å². The van der Waals surface area contributed by atoms with Crippen LogP contribution in [0.1, 0.15) is 31.9 Å². The summed E-state index contributed by atoms with van der Waals surface area (Å²) in [6.07, 6.45) is 7.35. The lowest BCUT2D eigenvalue weighted by Gasteiger charge is -2.23. The number of aryl methyl sites for hydroxylation is 1. The minimum Gasteiger partial charge on any atom is -0.264 e. The van der Waals surface area contributed by atoms with Gasteiger partial charge in [0.25, 0.3) is 0 Å². The summed E-state index contributed by atoms with van der Waals surface area (Å²) in [4.78, 5) is 8.22. The second-order valence-electron chi connectivity index (χ2n) is 15.6. The van der Waals surface area contributed by atoms with E-state index in [1.165, 1.54) is 93.2 Å². The van der Waals surface area contributed by atoms with Gasteiger partial charge in [0.05, 0.1) is 0 Å². The summed E-state index contributed by atoms with van der Waals surface area (Å²) in [5.74, 6) is 0. The topological polar surface area (TPSA) is 25.8 Å². The molecule has 10 aromatic rings. The molecule has 0 saturated heterocycles. The van der Waals surface area contributed by atoms with Gasteiger partial charge in [-0.2, -0.15) is 0 Å². The second-order valence-corrected chi connectivity index (χ2v) is 15.6. The third-order valence-corrected chi connectivity index (χ3v) is 10.9. The van der Waals surface area contributed by atoms with Crippen LogP contribution in [-0.2, 0) is 5.41 Å². The fraction of sp³-hybridized carbons (Fsp3) is 0.0943. The molecule has 10 rings (SSSR count). The molecular weight excluding hydrogens is 665 g/mol. The predicted molar refractivity (Wildman–Crippen MR) is 235 cm³/mol. The Morgan fingerprint density at radius 2 is 0.945 bits per heavy atom. The number of hydrogen-bond acceptors (Lipinski definition) is 2. The number of rotatable bonds is 4. The van der Waals surface area contributed by atoms with Crippen molar-refractivity contribution in [1.29, 1.82) is 0 Å².